The predicted molar refractivity (Wildman–Crippen MR) is 108 cm³/mol. The number of hydrogen-bond acceptors (Lipinski definition) is 8. The van der Waals surface area contributed by atoms with Crippen LogP contribution in [0.25, 0.3) is 0 Å². The molecule has 1 aliphatic rings. The zero-order valence-corrected chi connectivity index (χ0v) is 16.6. The Morgan fingerprint density at radius 1 is 1.29 bits per heavy atom. The van der Waals surface area contributed by atoms with Crippen LogP contribution in [0.2, 0.25) is 0 Å². The van der Waals surface area contributed by atoms with E-state index >= 15 is 0 Å². The zero-order valence-electron chi connectivity index (χ0n) is 15.8. The molecule has 0 spiro atoms. The fourth-order valence-corrected chi connectivity index (χ4v) is 4.11. The summed E-state index contributed by atoms with van der Waals surface area (Å²) in [5, 5.41) is 6.80. The van der Waals surface area contributed by atoms with Gasteiger partial charge < -0.3 is 22.1 Å². The third kappa shape index (κ3) is 5.16. The van der Waals surface area contributed by atoms with E-state index in [9.17, 15) is 9.59 Å². The van der Waals surface area contributed by atoms with E-state index in [0.29, 0.717) is 23.2 Å². The van der Waals surface area contributed by atoms with Crippen LogP contribution in [-0.2, 0) is 4.79 Å². The van der Waals surface area contributed by atoms with Gasteiger partial charge in [-0.25, -0.2) is 9.97 Å². The van der Waals surface area contributed by atoms with Crippen molar-refractivity contribution in [2.45, 2.75) is 51.5 Å². The highest BCUT2D eigenvalue weighted by Crippen LogP contribution is 2.28. The van der Waals surface area contributed by atoms with Gasteiger partial charge in [0.05, 0.1) is 11.9 Å². The molecule has 0 saturated heterocycles. The Kier molecular flexibility index (Phi) is 6.40. The minimum atomic E-state index is -0.698. The molecule has 2 amide bonds. The molecule has 9 nitrogen and oxygen atoms in total. The van der Waals surface area contributed by atoms with Gasteiger partial charge in [0.15, 0.2) is 11.5 Å². The third-order valence-corrected chi connectivity index (χ3v) is 5.63. The molecule has 2 heterocycles. The topological polar surface area (TPSA) is 149 Å². The Balaban J connectivity index is 1.78. The summed E-state index contributed by atoms with van der Waals surface area (Å²) in [7, 11) is 0. The van der Waals surface area contributed by atoms with Gasteiger partial charge in [-0.1, -0.05) is 32.1 Å². The van der Waals surface area contributed by atoms with Crippen LogP contribution in [0.1, 0.15) is 54.7 Å². The van der Waals surface area contributed by atoms with E-state index in [0.717, 1.165) is 18.5 Å². The summed E-state index contributed by atoms with van der Waals surface area (Å²) in [5.41, 5.74) is 11.9. The molecule has 0 bridgehead atoms. The number of aryl methyl sites for hydroxylation is 1. The maximum Gasteiger partial charge on any atom is 0.271 e. The first-order chi connectivity index (χ1) is 13.4. The van der Waals surface area contributed by atoms with Crippen molar-refractivity contribution in [3.8, 4) is 0 Å². The SMILES string of the molecule is Cc1cc(Nc2nc(NC(CC3CCCCC3)C(N)=O)cnc2C(N)=O)sn1. The van der Waals surface area contributed by atoms with Gasteiger partial charge in [-0.15, -0.1) is 0 Å². The summed E-state index contributed by atoms with van der Waals surface area (Å²) >= 11 is 1.24. The van der Waals surface area contributed by atoms with Crippen LogP contribution in [0.3, 0.4) is 0 Å². The van der Waals surface area contributed by atoms with Gasteiger partial charge in [0, 0.05) is 0 Å². The van der Waals surface area contributed by atoms with Gasteiger partial charge in [-0.2, -0.15) is 4.37 Å². The quantitative estimate of drug-likeness (QED) is 0.528. The number of carbonyl (C=O) groups excluding carboxylic acids is 2. The Labute approximate surface area is 167 Å². The normalized spacial score (nSPS) is 15.8. The van der Waals surface area contributed by atoms with Crippen LogP contribution in [0.4, 0.5) is 16.6 Å². The van der Waals surface area contributed by atoms with Crippen molar-refractivity contribution in [3.63, 3.8) is 0 Å². The Morgan fingerprint density at radius 3 is 2.64 bits per heavy atom. The molecule has 6 N–H and O–H groups in total. The van der Waals surface area contributed by atoms with Crippen molar-refractivity contribution in [2.24, 2.45) is 17.4 Å². The van der Waals surface area contributed by atoms with Crippen LogP contribution < -0.4 is 22.1 Å². The molecule has 150 valence electrons. The molecular weight excluding hydrogens is 378 g/mol. The second-order valence-electron chi connectivity index (χ2n) is 7.11. The van der Waals surface area contributed by atoms with Crippen molar-refractivity contribution in [1.82, 2.24) is 14.3 Å². The summed E-state index contributed by atoms with van der Waals surface area (Å²) in [6.07, 6.45) is 7.88. The molecule has 3 rings (SSSR count). The molecule has 0 aromatic carbocycles. The van der Waals surface area contributed by atoms with Gasteiger partial charge in [-0.3, -0.25) is 9.59 Å². The number of primary amides is 2. The summed E-state index contributed by atoms with van der Waals surface area (Å²) in [6.45, 7) is 1.86. The van der Waals surface area contributed by atoms with E-state index in [2.05, 4.69) is 25.0 Å². The number of anilines is 3. The third-order valence-electron chi connectivity index (χ3n) is 4.83. The summed E-state index contributed by atoms with van der Waals surface area (Å²) in [5.74, 6) is -0.0971. The first-order valence-electron chi connectivity index (χ1n) is 9.35. The van der Waals surface area contributed by atoms with E-state index in [1.54, 1.807) is 0 Å². The lowest BCUT2D eigenvalue weighted by atomic mass is 9.84. The standard InChI is InChI=1S/C18H25N7O2S/c1-10-7-14(28-25-10)24-18-15(17(20)27)21-9-13(23-18)22-12(16(19)26)8-11-5-3-2-4-6-11/h7,9,11-12H,2-6,8H2,1H3,(H2,19,26)(H2,20,27)(H2,22,23,24). The molecule has 1 atom stereocenters. The maximum atomic E-state index is 11.9. The molecule has 1 fully saturated rings. The molecule has 2 aromatic heterocycles. The van der Waals surface area contributed by atoms with E-state index in [1.165, 1.54) is 37.0 Å². The number of amides is 2. The van der Waals surface area contributed by atoms with Crippen LogP contribution in [0, 0.1) is 12.8 Å². The molecule has 2 aromatic rings. The Morgan fingerprint density at radius 2 is 2.04 bits per heavy atom. The van der Waals surface area contributed by atoms with Gasteiger partial charge >= 0.3 is 0 Å². The van der Waals surface area contributed by atoms with Gasteiger partial charge in [0.2, 0.25) is 5.91 Å². The van der Waals surface area contributed by atoms with Crippen molar-refractivity contribution in [1.29, 1.82) is 0 Å². The van der Waals surface area contributed by atoms with Gasteiger partial charge in [-0.05, 0) is 36.9 Å². The van der Waals surface area contributed by atoms with Crippen LogP contribution in [0.5, 0.6) is 0 Å². The average Bonchev–Trinajstić information content (AvgIpc) is 3.06. The molecule has 1 saturated carbocycles. The van der Waals surface area contributed by atoms with Crippen molar-refractivity contribution in [3.05, 3.63) is 23.7 Å². The number of nitrogens with two attached hydrogens (primary N) is 2. The maximum absolute atomic E-state index is 11.9. The minimum Gasteiger partial charge on any atom is -0.368 e. The molecule has 1 aliphatic carbocycles. The summed E-state index contributed by atoms with van der Waals surface area (Å²) in [6, 6.07) is 1.28. The predicted octanol–water partition coefficient (Wildman–Crippen LogP) is 2.32. The highest BCUT2D eigenvalue weighted by atomic mass is 32.1. The fraction of sp³-hybridized carbons (Fsp3) is 0.500. The lowest BCUT2D eigenvalue weighted by Crippen LogP contribution is -2.37. The molecule has 10 heteroatoms. The van der Waals surface area contributed by atoms with Gasteiger partial charge in [0.25, 0.3) is 5.91 Å². The van der Waals surface area contributed by atoms with Crippen molar-refractivity contribution < 1.29 is 9.59 Å². The van der Waals surface area contributed by atoms with Crippen LogP contribution in [-0.4, -0.2) is 32.2 Å². The largest absolute Gasteiger partial charge is 0.368 e. The number of hydrogen-bond donors (Lipinski definition) is 4. The number of nitrogens with one attached hydrogen (secondary N) is 2. The highest BCUT2D eigenvalue weighted by molar-refractivity contribution is 7.10. The lowest BCUT2D eigenvalue weighted by molar-refractivity contribution is -0.119. The Bertz CT molecular complexity index is 848. The average molecular weight is 404 g/mol. The monoisotopic (exact) mass is 403 g/mol. The van der Waals surface area contributed by atoms with Crippen molar-refractivity contribution in [2.75, 3.05) is 10.6 Å². The highest BCUT2D eigenvalue weighted by Gasteiger charge is 2.24. The smallest absolute Gasteiger partial charge is 0.271 e. The zero-order chi connectivity index (χ0) is 20.1. The van der Waals surface area contributed by atoms with E-state index in [-0.39, 0.29) is 11.5 Å². The number of rotatable bonds is 8. The van der Waals surface area contributed by atoms with Gasteiger partial charge in [0.1, 0.15) is 16.9 Å². The molecule has 0 radical (unpaired) electrons. The Hall–Kier alpha value is -2.75. The lowest BCUT2D eigenvalue weighted by Gasteiger charge is -2.25. The van der Waals surface area contributed by atoms with E-state index in [4.69, 9.17) is 11.5 Å². The number of nitrogens with zero attached hydrogens (tertiary/aromatic N) is 3. The fourth-order valence-electron chi connectivity index (χ4n) is 3.45. The second-order valence-corrected chi connectivity index (χ2v) is 7.92. The minimum absolute atomic E-state index is 0.0134. The summed E-state index contributed by atoms with van der Waals surface area (Å²) < 4.78 is 4.18. The van der Waals surface area contributed by atoms with Crippen molar-refractivity contribution >= 4 is 40.0 Å². The second kappa shape index (κ2) is 8.96. The van der Waals surface area contributed by atoms with Crippen LogP contribution in [0.15, 0.2) is 12.3 Å². The van der Waals surface area contributed by atoms with E-state index in [1.807, 2.05) is 13.0 Å². The molecule has 28 heavy (non-hydrogen) atoms. The first-order valence-corrected chi connectivity index (χ1v) is 10.1. The first kappa shape index (κ1) is 20.0. The van der Waals surface area contributed by atoms with Crippen LogP contribution >= 0.6 is 11.5 Å². The molecular formula is C18H25N7O2S. The molecule has 0 aliphatic heterocycles. The number of carbonyl (C=O) groups is 2. The number of aromatic nitrogens is 3. The molecule has 1 unspecified atom stereocenters. The summed E-state index contributed by atoms with van der Waals surface area (Å²) in [4.78, 5) is 32.2. The van der Waals surface area contributed by atoms with E-state index < -0.39 is 17.9 Å².